The Morgan fingerprint density at radius 2 is 1.76 bits per heavy atom. The van der Waals surface area contributed by atoms with Gasteiger partial charge in [0.05, 0.1) is 16.7 Å². The molecule has 1 aliphatic rings. The fourth-order valence-corrected chi connectivity index (χ4v) is 5.33. The molecule has 0 unspecified atom stereocenters. The van der Waals surface area contributed by atoms with E-state index < -0.39 is 9.84 Å². The number of fused-ring (bicyclic) bond motifs is 1. The minimum Gasteiger partial charge on any atom is -0.331 e. The Hall–Kier alpha value is -3.23. The van der Waals surface area contributed by atoms with Crippen LogP contribution in [0.25, 0.3) is 0 Å². The molecule has 4 rings (SSSR count). The van der Waals surface area contributed by atoms with Crippen LogP contribution in [0.3, 0.4) is 0 Å². The summed E-state index contributed by atoms with van der Waals surface area (Å²) in [5.74, 6) is -0.652. The number of halogens is 1. The van der Waals surface area contributed by atoms with E-state index in [1.165, 1.54) is 30.3 Å². The second-order valence-electron chi connectivity index (χ2n) is 8.40. The fourth-order valence-electron chi connectivity index (χ4n) is 4.01. The van der Waals surface area contributed by atoms with Gasteiger partial charge in [0.1, 0.15) is 5.82 Å². The van der Waals surface area contributed by atoms with E-state index in [0.29, 0.717) is 29.9 Å². The summed E-state index contributed by atoms with van der Waals surface area (Å²) in [5, 5.41) is 5.56. The average molecular weight is 468 g/mol. The van der Waals surface area contributed by atoms with Crippen molar-refractivity contribution in [2.24, 2.45) is 0 Å². The van der Waals surface area contributed by atoms with E-state index in [9.17, 15) is 17.6 Å². The first-order chi connectivity index (χ1) is 15.7. The predicted octanol–water partition coefficient (Wildman–Crippen LogP) is 4.63. The van der Waals surface area contributed by atoms with E-state index in [1.807, 2.05) is 49.2 Å². The average Bonchev–Trinajstić information content (AvgIpc) is 3.15. The van der Waals surface area contributed by atoms with Crippen LogP contribution in [0, 0.1) is 5.82 Å². The van der Waals surface area contributed by atoms with Crippen LogP contribution >= 0.6 is 0 Å². The number of nitrogens with zero attached hydrogens (tertiary/aromatic N) is 1. The third kappa shape index (κ3) is 5.40. The van der Waals surface area contributed by atoms with Crippen LogP contribution in [0.1, 0.15) is 35.2 Å². The van der Waals surface area contributed by atoms with Crippen LogP contribution in [0.5, 0.6) is 0 Å². The van der Waals surface area contributed by atoms with Gasteiger partial charge in [-0.25, -0.2) is 17.6 Å². The molecule has 1 heterocycles. The molecular formula is C25H26FN3O3S. The molecule has 8 heteroatoms. The maximum absolute atomic E-state index is 14.4. The third-order valence-corrected chi connectivity index (χ3v) is 7.39. The zero-order valence-corrected chi connectivity index (χ0v) is 19.3. The number of hydrogen-bond acceptors (Lipinski definition) is 4. The Morgan fingerprint density at radius 1 is 1.06 bits per heavy atom. The Kier molecular flexibility index (Phi) is 6.49. The van der Waals surface area contributed by atoms with Gasteiger partial charge in [0.15, 0.2) is 9.84 Å². The number of carbonyl (C=O) groups is 1. The van der Waals surface area contributed by atoms with Gasteiger partial charge in [-0.3, -0.25) is 4.90 Å². The highest BCUT2D eigenvalue weighted by atomic mass is 32.2. The number of benzene rings is 3. The summed E-state index contributed by atoms with van der Waals surface area (Å²) in [6, 6.07) is 18.1. The summed E-state index contributed by atoms with van der Waals surface area (Å²) in [7, 11) is -1.77. The van der Waals surface area contributed by atoms with Crippen molar-refractivity contribution in [3.63, 3.8) is 0 Å². The first-order valence-corrected chi connectivity index (χ1v) is 12.3. The lowest BCUT2D eigenvalue weighted by Crippen LogP contribution is -2.31. The highest BCUT2D eigenvalue weighted by molar-refractivity contribution is 7.90. The molecule has 0 saturated heterocycles. The lowest BCUT2D eigenvalue weighted by atomic mass is 10.1. The molecule has 0 bridgehead atoms. The van der Waals surface area contributed by atoms with E-state index >= 15 is 0 Å². The van der Waals surface area contributed by atoms with Crippen LogP contribution in [0.2, 0.25) is 0 Å². The molecule has 0 radical (unpaired) electrons. The normalized spacial score (nSPS) is 14.5. The van der Waals surface area contributed by atoms with E-state index in [-0.39, 0.29) is 28.5 Å². The minimum absolute atomic E-state index is 0.115. The highest BCUT2D eigenvalue weighted by Gasteiger charge is 2.23. The van der Waals surface area contributed by atoms with Crippen molar-refractivity contribution in [2.45, 2.75) is 36.7 Å². The summed E-state index contributed by atoms with van der Waals surface area (Å²) in [4.78, 5) is 14.4. The quantitative estimate of drug-likeness (QED) is 0.554. The Labute approximate surface area is 193 Å². The van der Waals surface area contributed by atoms with Gasteiger partial charge in [0.2, 0.25) is 0 Å². The number of rotatable bonds is 6. The van der Waals surface area contributed by atoms with Crippen LogP contribution < -0.4 is 10.6 Å². The molecule has 1 aliphatic heterocycles. The first kappa shape index (κ1) is 22.9. The summed E-state index contributed by atoms with van der Waals surface area (Å²) in [6.45, 7) is 3.01. The molecule has 33 heavy (non-hydrogen) atoms. The van der Waals surface area contributed by atoms with Crippen LogP contribution in [0.4, 0.5) is 14.9 Å². The zero-order valence-electron chi connectivity index (χ0n) is 18.5. The molecule has 0 saturated carbocycles. The maximum Gasteiger partial charge on any atom is 0.319 e. The van der Waals surface area contributed by atoms with Crippen molar-refractivity contribution in [3.05, 3.63) is 94.8 Å². The number of sulfone groups is 1. The van der Waals surface area contributed by atoms with Crippen LogP contribution in [-0.2, 0) is 28.7 Å². The summed E-state index contributed by atoms with van der Waals surface area (Å²) in [6.07, 6.45) is 0. The summed E-state index contributed by atoms with van der Waals surface area (Å²) >= 11 is 0. The first-order valence-electron chi connectivity index (χ1n) is 10.7. The molecular weight excluding hydrogens is 441 g/mol. The zero-order chi connectivity index (χ0) is 23.6. The lowest BCUT2D eigenvalue weighted by molar-refractivity contribution is 0.249. The number of urea groups is 1. The Morgan fingerprint density at radius 3 is 2.45 bits per heavy atom. The molecule has 3 aromatic carbocycles. The van der Waals surface area contributed by atoms with Crippen molar-refractivity contribution in [3.8, 4) is 0 Å². The molecule has 172 valence electrons. The highest BCUT2D eigenvalue weighted by Crippen LogP contribution is 2.27. The molecule has 0 fully saturated rings. The third-order valence-electron chi connectivity index (χ3n) is 5.69. The number of carbonyl (C=O) groups excluding carboxylic acids is 1. The molecule has 1 atom stereocenters. The topological polar surface area (TPSA) is 78.5 Å². The van der Waals surface area contributed by atoms with Gasteiger partial charge in [0, 0.05) is 24.3 Å². The summed E-state index contributed by atoms with van der Waals surface area (Å²) in [5.41, 5.74) is 3.34. The number of anilines is 1. The van der Waals surface area contributed by atoms with E-state index in [1.54, 1.807) is 6.07 Å². The Bertz CT molecular complexity index is 1260. The molecule has 0 aromatic heterocycles. The van der Waals surface area contributed by atoms with Gasteiger partial charge in [-0.05, 0) is 61.0 Å². The molecule has 6 nitrogen and oxygen atoms in total. The van der Waals surface area contributed by atoms with Gasteiger partial charge in [-0.2, -0.15) is 0 Å². The van der Waals surface area contributed by atoms with Crippen LogP contribution in [-0.4, -0.2) is 26.4 Å². The van der Waals surface area contributed by atoms with E-state index in [2.05, 4.69) is 10.6 Å². The van der Waals surface area contributed by atoms with Crippen LogP contribution in [0.15, 0.2) is 71.6 Å². The van der Waals surface area contributed by atoms with Crippen molar-refractivity contribution < 1.29 is 17.6 Å². The molecule has 2 N–H and O–H groups in total. The second-order valence-corrected chi connectivity index (χ2v) is 10.4. The lowest BCUT2D eigenvalue weighted by Gasteiger charge is -2.15. The van der Waals surface area contributed by atoms with Crippen molar-refractivity contribution in [1.29, 1.82) is 0 Å². The molecule has 2 amide bonds. The standard InChI is InChI=1S/C25H26FN3O3S/c1-17(19-6-4-3-5-7-19)27-25(30)28-21-8-10-22(11-9-21)33(31,32)16-18-12-20-14-29(2)15-23(20)24(26)13-18/h3-13,17H,14-16H2,1-2H3,(H2,27,28,30)/t17-/m1/s1. The van der Waals surface area contributed by atoms with Gasteiger partial charge >= 0.3 is 6.03 Å². The largest absolute Gasteiger partial charge is 0.331 e. The molecule has 3 aromatic rings. The second kappa shape index (κ2) is 9.33. The number of amides is 2. The molecule has 0 aliphatic carbocycles. The number of hydrogen-bond donors (Lipinski definition) is 2. The van der Waals surface area contributed by atoms with Gasteiger partial charge in [0.25, 0.3) is 0 Å². The monoisotopic (exact) mass is 467 g/mol. The Balaban J connectivity index is 1.41. The van der Waals surface area contributed by atoms with E-state index in [4.69, 9.17) is 0 Å². The SMILES string of the molecule is C[C@@H](NC(=O)Nc1ccc(S(=O)(=O)Cc2cc(F)c3c(c2)CN(C)C3)cc1)c1ccccc1. The van der Waals surface area contributed by atoms with Crippen molar-refractivity contribution >= 4 is 21.6 Å². The van der Waals surface area contributed by atoms with Gasteiger partial charge < -0.3 is 10.6 Å². The van der Waals surface area contributed by atoms with E-state index in [0.717, 1.165) is 11.1 Å². The van der Waals surface area contributed by atoms with Crippen molar-refractivity contribution in [1.82, 2.24) is 10.2 Å². The predicted molar refractivity (Wildman–Crippen MR) is 126 cm³/mol. The maximum atomic E-state index is 14.4. The smallest absolute Gasteiger partial charge is 0.319 e. The fraction of sp³-hybridized carbons (Fsp3) is 0.240. The van der Waals surface area contributed by atoms with Gasteiger partial charge in [-0.15, -0.1) is 0 Å². The molecule has 0 spiro atoms. The number of nitrogens with one attached hydrogen (secondary N) is 2. The minimum atomic E-state index is -3.67. The van der Waals surface area contributed by atoms with Crippen molar-refractivity contribution in [2.75, 3.05) is 12.4 Å². The summed E-state index contributed by atoms with van der Waals surface area (Å²) < 4.78 is 40.2. The van der Waals surface area contributed by atoms with Gasteiger partial charge in [-0.1, -0.05) is 36.4 Å².